The Hall–Kier alpha value is -2.36. The maximum atomic E-state index is 13.0. The first-order chi connectivity index (χ1) is 17.3. The smallest absolute Gasteiger partial charge is 0.292 e. The summed E-state index contributed by atoms with van der Waals surface area (Å²) in [6.45, 7) is 1.73. The van der Waals surface area contributed by atoms with Crippen molar-refractivity contribution in [1.29, 1.82) is 0 Å². The van der Waals surface area contributed by atoms with Crippen molar-refractivity contribution in [2.75, 3.05) is 36.4 Å². The summed E-state index contributed by atoms with van der Waals surface area (Å²) in [6, 6.07) is 11.8. The third-order valence-corrected chi connectivity index (χ3v) is 10.9. The van der Waals surface area contributed by atoms with Gasteiger partial charge in [0.15, 0.2) is 0 Å². The van der Waals surface area contributed by atoms with Crippen molar-refractivity contribution in [2.45, 2.75) is 43.0 Å². The largest absolute Gasteiger partial charge is 0.376 e. The van der Waals surface area contributed by atoms with E-state index in [1.807, 2.05) is 6.07 Å². The molecule has 2 aromatic carbocycles. The van der Waals surface area contributed by atoms with Crippen molar-refractivity contribution in [3.05, 3.63) is 57.6 Å². The molecule has 2 aromatic rings. The van der Waals surface area contributed by atoms with Gasteiger partial charge in [0.25, 0.3) is 5.69 Å². The fraction of sp³-hybridized carbons (Fsp3) is 0.538. The van der Waals surface area contributed by atoms with Gasteiger partial charge >= 0.3 is 0 Å². The van der Waals surface area contributed by atoms with Gasteiger partial charge in [0.2, 0.25) is 10.0 Å². The van der Waals surface area contributed by atoms with Crippen LogP contribution in [0.2, 0.25) is 5.02 Å². The third kappa shape index (κ3) is 4.35. The van der Waals surface area contributed by atoms with Crippen LogP contribution >= 0.6 is 11.6 Å². The summed E-state index contributed by atoms with van der Waals surface area (Å²) >= 11 is 5.91. The lowest BCUT2D eigenvalue weighted by molar-refractivity contribution is -0.384. The Bertz CT molecular complexity index is 1230. The van der Waals surface area contributed by atoms with E-state index in [0.29, 0.717) is 54.8 Å². The molecular formula is C26H31ClN4O4S. The van der Waals surface area contributed by atoms with Crippen molar-refractivity contribution < 1.29 is 13.3 Å². The monoisotopic (exact) mass is 530 g/mol. The summed E-state index contributed by atoms with van der Waals surface area (Å²) in [5.74, 6) is 2.89. The lowest BCUT2D eigenvalue weighted by Gasteiger charge is -2.54. The minimum atomic E-state index is -3.59. The summed E-state index contributed by atoms with van der Waals surface area (Å²) in [5, 5.41) is 16.0. The predicted octanol–water partition coefficient (Wildman–Crippen LogP) is 5.00. The Balaban J connectivity index is 1.18. The van der Waals surface area contributed by atoms with E-state index in [1.165, 1.54) is 48.5 Å². The van der Waals surface area contributed by atoms with E-state index in [9.17, 15) is 18.5 Å². The average molecular weight is 531 g/mol. The van der Waals surface area contributed by atoms with Gasteiger partial charge in [-0.05, 0) is 92.2 Å². The topological polar surface area (TPSA) is 95.8 Å². The predicted molar refractivity (Wildman–Crippen MR) is 140 cm³/mol. The van der Waals surface area contributed by atoms with Crippen molar-refractivity contribution in [3.8, 4) is 0 Å². The summed E-state index contributed by atoms with van der Waals surface area (Å²) in [4.78, 5) is 13.9. The van der Waals surface area contributed by atoms with Gasteiger partial charge in [0.1, 0.15) is 5.69 Å². The van der Waals surface area contributed by atoms with Crippen LogP contribution in [0.4, 0.5) is 17.1 Å². The molecule has 0 amide bonds. The molecule has 1 aliphatic heterocycles. The Morgan fingerprint density at radius 2 is 1.50 bits per heavy atom. The van der Waals surface area contributed by atoms with Gasteiger partial charge in [-0.1, -0.05) is 11.6 Å². The van der Waals surface area contributed by atoms with Gasteiger partial charge in [0.05, 0.1) is 9.82 Å². The van der Waals surface area contributed by atoms with Crippen LogP contribution in [0.5, 0.6) is 0 Å². The molecule has 4 saturated carbocycles. The minimum Gasteiger partial charge on any atom is -0.376 e. The maximum absolute atomic E-state index is 13.0. The van der Waals surface area contributed by atoms with Crippen molar-refractivity contribution in [3.63, 3.8) is 0 Å². The van der Waals surface area contributed by atoms with Gasteiger partial charge in [-0.3, -0.25) is 10.1 Å². The minimum absolute atomic E-state index is 0.108. The summed E-state index contributed by atoms with van der Waals surface area (Å²) in [5.41, 5.74) is 1.58. The molecule has 192 valence electrons. The van der Waals surface area contributed by atoms with E-state index >= 15 is 0 Å². The fourth-order valence-electron chi connectivity index (χ4n) is 7.28. The Morgan fingerprint density at radius 3 is 2.08 bits per heavy atom. The molecule has 1 N–H and O–H groups in total. The number of nitrogens with zero attached hydrogens (tertiary/aromatic N) is 3. The molecule has 36 heavy (non-hydrogen) atoms. The first-order valence-electron chi connectivity index (χ1n) is 12.8. The van der Waals surface area contributed by atoms with Gasteiger partial charge in [0, 0.05) is 49.0 Å². The van der Waals surface area contributed by atoms with E-state index < -0.39 is 10.0 Å². The van der Waals surface area contributed by atoms with E-state index in [0.717, 1.165) is 17.5 Å². The number of nitrogens with one attached hydrogen (secondary N) is 1. The van der Waals surface area contributed by atoms with Crippen molar-refractivity contribution in [1.82, 2.24) is 4.31 Å². The van der Waals surface area contributed by atoms with E-state index in [-0.39, 0.29) is 15.5 Å². The van der Waals surface area contributed by atoms with Crippen molar-refractivity contribution in [2.24, 2.45) is 23.7 Å². The third-order valence-electron chi connectivity index (χ3n) is 8.78. The molecule has 7 rings (SSSR count). The van der Waals surface area contributed by atoms with Gasteiger partial charge < -0.3 is 10.2 Å². The van der Waals surface area contributed by atoms with Crippen LogP contribution in [-0.4, -0.2) is 49.9 Å². The van der Waals surface area contributed by atoms with Crippen LogP contribution in [0, 0.1) is 33.8 Å². The van der Waals surface area contributed by atoms with E-state index in [4.69, 9.17) is 11.6 Å². The molecule has 0 spiro atoms. The molecule has 8 nitrogen and oxygen atoms in total. The number of benzene rings is 2. The zero-order valence-electron chi connectivity index (χ0n) is 20.1. The molecule has 5 aliphatic rings. The van der Waals surface area contributed by atoms with Gasteiger partial charge in [-0.15, -0.1) is 0 Å². The molecule has 0 radical (unpaired) electrons. The van der Waals surface area contributed by atoms with E-state index in [1.54, 1.807) is 24.3 Å². The summed E-state index contributed by atoms with van der Waals surface area (Å²) in [7, 11) is -3.59. The fourth-order valence-corrected chi connectivity index (χ4v) is 8.83. The molecule has 4 aliphatic carbocycles. The number of hydrogen-bond acceptors (Lipinski definition) is 6. The molecule has 0 aromatic heterocycles. The average Bonchev–Trinajstić information content (AvgIpc) is 2.86. The molecular weight excluding hydrogens is 500 g/mol. The standard InChI is InChI=1S/C26H31ClN4O4S/c27-21-1-4-23(5-2-21)36(34,35)30-9-7-29(8-10-30)22-3-6-25(31(32)33)24(16-22)28-26-19-12-17-11-18(14-19)15-20(26)13-17/h1-6,16-20,26,28H,7-15H2. The zero-order valence-corrected chi connectivity index (χ0v) is 21.6. The number of halogens is 1. The van der Waals surface area contributed by atoms with Crippen LogP contribution in [0.15, 0.2) is 47.4 Å². The Kier molecular flexibility index (Phi) is 6.13. The number of rotatable bonds is 6. The normalized spacial score (nSPS) is 29.9. The van der Waals surface area contributed by atoms with Gasteiger partial charge in [-0.2, -0.15) is 4.31 Å². The number of nitro groups is 1. The number of sulfonamides is 1. The van der Waals surface area contributed by atoms with Crippen LogP contribution in [0.25, 0.3) is 0 Å². The molecule has 5 fully saturated rings. The lowest BCUT2D eigenvalue weighted by Crippen LogP contribution is -2.51. The molecule has 4 bridgehead atoms. The van der Waals surface area contributed by atoms with Crippen LogP contribution in [0.1, 0.15) is 32.1 Å². The number of hydrogen-bond donors (Lipinski definition) is 1. The number of nitro benzene ring substituents is 1. The first kappa shape index (κ1) is 24.0. The van der Waals surface area contributed by atoms with Crippen molar-refractivity contribution >= 4 is 38.7 Å². The molecule has 0 unspecified atom stereocenters. The highest BCUT2D eigenvalue weighted by atomic mass is 35.5. The second-order valence-electron chi connectivity index (χ2n) is 10.9. The second-order valence-corrected chi connectivity index (χ2v) is 13.3. The van der Waals surface area contributed by atoms with Gasteiger partial charge in [-0.25, -0.2) is 8.42 Å². The SMILES string of the molecule is O=[N+]([O-])c1ccc(N2CCN(S(=O)(=O)c3ccc(Cl)cc3)CC2)cc1NC1C2CC3CC(C2)CC1C3. The molecule has 1 saturated heterocycles. The highest BCUT2D eigenvalue weighted by Gasteiger charge is 2.48. The number of anilines is 2. The second kappa shape index (κ2) is 9.19. The maximum Gasteiger partial charge on any atom is 0.292 e. The first-order valence-corrected chi connectivity index (χ1v) is 14.7. The Labute approximate surface area is 216 Å². The summed E-state index contributed by atoms with van der Waals surface area (Å²) < 4.78 is 27.6. The van der Waals surface area contributed by atoms with E-state index in [2.05, 4.69) is 10.2 Å². The highest BCUT2D eigenvalue weighted by molar-refractivity contribution is 7.89. The quantitative estimate of drug-likeness (QED) is 0.417. The highest BCUT2D eigenvalue weighted by Crippen LogP contribution is 2.54. The summed E-state index contributed by atoms with van der Waals surface area (Å²) in [6.07, 6.45) is 6.32. The lowest BCUT2D eigenvalue weighted by atomic mass is 9.54. The van der Waals surface area contributed by atoms with Crippen LogP contribution in [0.3, 0.4) is 0 Å². The Morgan fingerprint density at radius 1 is 0.889 bits per heavy atom. The molecule has 1 heterocycles. The zero-order chi connectivity index (χ0) is 25.0. The molecule has 10 heteroatoms. The van der Waals surface area contributed by atoms with Crippen LogP contribution < -0.4 is 10.2 Å². The number of piperazine rings is 1. The van der Waals surface area contributed by atoms with Crippen LogP contribution in [-0.2, 0) is 10.0 Å². The molecule has 0 atom stereocenters.